The minimum Gasteiger partial charge on any atom is -0.459 e. The molecule has 1 amide bonds. The average Bonchev–Trinajstić information content (AvgIpc) is 3.33. The van der Waals surface area contributed by atoms with Gasteiger partial charge in [-0.3, -0.25) is 4.79 Å². The van der Waals surface area contributed by atoms with Crippen molar-refractivity contribution in [2.45, 2.75) is 59.5 Å². The van der Waals surface area contributed by atoms with Gasteiger partial charge in [-0.1, -0.05) is 18.2 Å². The summed E-state index contributed by atoms with van der Waals surface area (Å²) >= 11 is 1.40. The molecule has 35 heavy (non-hydrogen) atoms. The van der Waals surface area contributed by atoms with Crippen LogP contribution >= 0.6 is 11.3 Å². The molecule has 0 aliphatic heterocycles. The van der Waals surface area contributed by atoms with Crippen LogP contribution in [0, 0.1) is 13.8 Å². The largest absolute Gasteiger partial charge is 0.459 e. The molecule has 0 bridgehead atoms. The number of hydrogen-bond acceptors (Lipinski definition) is 7. The summed E-state index contributed by atoms with van der Waals surface area (Å²) in [5, 5.41) is 7.68. The van der Waals surface area contributed by atoms with E-state index in [2.05, 4.69) is 10.4 Å². The second-order valence-corrected chi connectivity index (χ2v) is 9.89. The van der Waals surface area contributed by atoms with Gasteiger partial charge in [-0.15, -0.1) is 11.3 Å². The van der Waals surface area contributed by atoms with Crippen molar-refractivity contribution < 1.29 is 23.9 Å². The fourth-order valence-corrected chi connectivity index (χ4v) is 5.56. The molecule has 0 radical (unpaired) electrons. The Kier molecular flexibility index (Phi) is 7.35. The minimum atomic E-state index is -0.623. The third-order valence-corrected chi connectivity index (χ3v) is 7.01. The number of amides is 1. The van der Waals surface area contributed by atoms with E-state index in [1.54, 1.807) is 32.4 Å². The first-order valence-corrected chi connectivity index (χ1v) is 12.5. The molecule has 8 nitrogen and oxygen atoms in total. The zero-order valence-electron chi connectivity index (χ0n) is 20.3. The van der Waals surface area contributed by atoms with Gasteiger partial charge in [0.1, 0.15) is 10.6 Å². The molecule has 1 aromatic carbocycles. The highest BCUT2D eigenvalue weighted by Gasteiger charge is 2.28. The van der Waals surface area contributed by atoms with Crippen LogP contribution < -0.4 is 5.32 Å². The Labute approximate surface area is 208 Å². The van der Waals surface area contributed by atoms with Crippen molar-refractivity contribution in [1.82, 2.24) is 9.78 Å². The summed E-state index contributed by atoms with van der Waals surface area (Å²) in [6.07, 6.45) is 3.42. The average molecular weight is 496 g/mol. The molecule has 1 N–H and O–H groups in total. The summed E-state index contributed by atoms with van der Waals surface area (Å²) in [7, 11) is 0. The molecule has 0 saturated heterocycles. The lowest BCUT2D eigenvalue weighted by molar-refractivity contribution is -0.119. The van der Waals surface area contributed by atoms with Crippen molar-refractivity contribution in [2.75, 3.05) is 11.9 Å². The molecule has 0 fully saturated rings. The summed E-state index contributed by atoms with van der Waals surface area (Å²) in [4.78, 5) is 39.4. The maximum Gasteiger partial charge on any atom is 0.342 e. The molecule has 0 saturated carbocycles. The van der Waals surface area contributed by atoms with Crippen LogP contribution in [0.4, 0.5) is 5.00 Å². The van der Waals surface area contributed by atoms with E-state index in [4.69, 9.17) is 9.47 Å². The molecule has 2 heterocycles. The first kappa shape index (κ1) is 24.7. The van der Waals surface area contributed by atoms with Crippen LogP contribution in [0.1, 0.15) is 69.2 Å². The number of thiophene rings is 1. The van der Waals surface area contributed by atoms with Crippen molar-refractivity contribution >= 4 is 34.2 Å². The number of ether oxygens (including phenoxy) is 2. The van der Waals surface area contributed by atoms with Crippen molar-refractivity contribution in [3.05, 3.63) is 63.3 Å². The van der Waals surface area contributed by atoms with E-state index >= 15 is 0 Å². The van der Waals surface area contributed by atoms with Gasteiger partial charge in [0.05, 0.1) is 28.7 Å². The second-order valence-electron chi connectivity index (χ2n) is 8.79. The Balaban J connectivity index is 1.47. The fraction of sp³-hybridized carbons (Fsp3) is 0.385. The summed E-state index contributed by atoms with van der Waals surface area (Å²) in [6.45, 7) is 6.62. The van der Waals surface area contributed by atoms with Crippen LogP contribution in [-0.2, 0) is 27.1 Å². The number of esters is 2. The third-order valence-electron chi connectivity index (χ3n) is 5.80. The summed E-state index contributed by atoms with van der Waals surface area (Å²) in [5.74, 6) is -1.57. The lowest BCUT2D eigenvalue weighted by Crippen LogP contribution is -2.23. The molecule has 0 unspecified atom stereocenters. The van der Waals surface area contributed by atoms with E-state index in [0.717, 1.165) is 41.8 Å². The maximum atomic E-state index is 12.8. The number of fused-ring (bicyclic) bond motifs is 1. The smallest absolute Gasteiger partial charge is 0.342 e. The van der Waals surface area contributed by atoms with E-state index < -0.39 is 24.5 Å². The Morgan fingerprint density at radius 3 is 2.49 bits per heavy atom. The van der Waals surface area contributed by atoms with E-state index in [1.807, 2.05) is 30.3 Å². The van der Waals surface area contributed by atoms with Crippen LogP contribution in [0.3, 0.4) is 0 Å². The quantitative estimate of drug-likeness (QED) is 0.473. The van der Waals surface area contributed by atoms with Gasteiger partial charge in [0.15, 0.2) is 6.61 Å². The molecular formula is C26H29N3O5S. The Morgan fingerprint density at radius 2 is 1.77 bits per heavy atom. The predicted octanol–water partition coefficient (Wildman–Crippen LogP) is 4.79. The zero-order valence-corrected chi connectivity index (χ0v) is 21.2. The minimum absolute atomic E-state index is 0.269. The summed E-state index contributed by atoms with van der Waals surface area (Å²) in [6, 6.07) is 9.47. The Morgan fingerprint density at radius 1 is 1.06 bits per heavy atom. The van der Waals surface area contributed by atoms with E-state index in [9.17, 15) is 14.4 Å². The zero-order chi connectivity index (χ0) is 25.1. The standard InChI is InChI=1S/C26H29N3O5S/c1-15(2)34-26(32)23-19-12-8-9-13-20(19)35-24(23)27-21(30)14-33-25(31)22-16(3)28-29(17(22)4)18-10-6-5-7-11-18/h5-7,10-11,15H,8-9,12-14H2,1-4H3,(H,27,30). The van der Waals surface area contributed by atoms with Crippen LogP contribution in [0.15, 0.2) is 30.3 Å². The molecule has 3 aromatic rings. The van der Waals surface area contributed by atoms with Gasteiger partial charge >= 0.3 is 11.9 Å². The van der Waals surface area contributed by atoms with E-state index in [1.165, 1.54) is 11.3 Å². The number of benzene rings is 1. The number of carbonyl (C=O) groups excluding carboxylic acids is 3. The van der Waals surface area contributed by atoms with Gasteiger partial charge in [-0.05, 0) is 71.1 Å². The number of nitrogens with one attached hydrogen (secondary N) is 1. The molecule has 1 aliphatic rings. The number of para-hydroxylation sites is 1. The molecule has 4 rings (SSSR count). The highest BCUT2D eigenvalue weighted by molar-refractivity contribution is 7.17. The molecule has 0 spiro atoms. The maximum absolute atomic E-state index is 12.8. The second kappa shape index (κ2) is 10.4. The molecule has 9 heteroatoms. The van der Waals surface area contributed by atoms with Crippen molar-refractivity contribution in [1.29, 1.82) is 0 Å². The number of hydrogen-bond donors (Lipinski definition) is 1. The lowest BCUT2D eigenvalue weighted by Gasteiger charge is -2.14. The number of nitrogens with zero attached hydrogens (tertiary/aromatic N) is 2. The topological polar surface area (TPSA) is 99.5 Å². The third kappa shape index (κ3) is 5.30. The molecule has 2 aromatic heterocycles. The Bertz CT molecular complexity index is 1260. The highest BCUT2D eigenvalue weighted by Crippen LogP contribution is 2.38. The number of anilines is 1. The van der Waals surface area contributed by atoms with Gasteiger partial charge in [-0.25, -0.2) is 14.3 Å². The summed E-state index contributed by atoms with van der Waals surface area (Å²) < 4.78 is 12.4. The van der Waals surface area contributed by atoms with Crippen LogP contribution in [0.25, 0.3) is 5.69 Å². The highest BCUT2D eigenvalue weighted by atomic mass is 32.1. The van der Waals surface area contributed by atoms with Crippen LogP contribution in [0.2, 0.25) is 0 Å². The number of rotatable bonds is 7. The fourth-order valence-electron chi connectivity index (χ4n) is 4.27. The number of aromatic nitrogens is 2. The molecule has 1 aliphatic carbocycles. The lowest BCUT2D eigenvalue weighted by atomic mass is 9.95. The van der Waals surface area contributed by atoms with Crippen LogP contribution in [0.5, 0.6) is 0 Å². The molecule has 0 atom stereocenters. The predicted molar refractivity (Wildman–Crippen MR) is 133 cm³/mol. The van der Waals surface area contributed by atoms with Crippen LogP contribution in [-0.4, -0.2) is 40.3 Å². The first-order chi connectivity index (χ1) is 16.8. The Hall–Kier alpha value is -3.46. The van der Waals surface area contributed by atoms with Gasteiger partial charge < -0.3 is 14.8 Å². The normalized spacial score (nSPS) is 12.8. The van der Waals surface area contributed by atoms with Gasteiger partial charge in [0, 0.05) is 4.88 Å². The monoisotopic (exact) mass is 495 g/mol. The van der Waals surface area contributed by atoms with Crippen molar-refractivity contribution in [2.24, 2.45) is 0 Å². The summed E-state index contributed by atoms with van der Waals surface area (Å²) in [5.41, 5.74) is 3.68. The SMILES string of the molecule is Cc1nn(-c2ccccc2)c(C)c1C(=O)OCC(=O)Nc1sc2c(c1C(=O)OC(C)C)CCCC2. The van der Waals surface area contributed by atoms with Crippen molar-refractivity contribution in [3.63, 3.8) is 0 Å². The van der Waals surface area contributed by atoms with Gasteiger partial charge in [-0.2, -0.15) is 5.10 Å². The van der Waals surface area contributed by atoms with Crippen molar-refractivity contribution in [3.8, 4) is 5.69 Å². The molecular weight excluding hydrogens is 466 g/mol. The van der Waals surface area contributed by atoms with Gasteiger partial charge in [0.2, 0.25) is 0 Å². The van der Waals surface area contributed by atoms with E-state index in [0.29, 0.717) is 27.5 Å². The molecule has 184 valence electrons. The van der Waals surface area contributed by atoms with E-state index in [-0.39, 0.29) is 6.10 Å². The number of aryl methyl sites for hydroxylation is 2. The first-order valence-electron chi connectivity index (χ1n) is 11.7. The number of carbonyl (C=O) groups is 3. The van der Waals surface area contributed by atoms with Gasteiger partial charge in [0.25, 0.3) is 5.91 Å².